The summed E-state index contributed by atoms with van der Waals surface area (Å²) in [6, 6.07) is 19.5. The molecule has 0 bridgehead atoms. The fourth-order valence-electron chi connectivity index (χ4n) is 3.81. The molecule has 0 unspecified atom stereocenters. The number of aromatic nitrogens is 2. The van der Waals surface area contributed by atoms with Gasteiger partial charge in [0, 0.05) is 10.4 Å². The Bertz CT molecular complexity index is 1770. The van der Waals surface area contributed by atoms with Gasteiger partial charge in [-0.2, -0.15) is 15.0 Å². The summed E-state index contributed by atoms with van der Waals surface area (Å²) in [7, 11) is 0. The predicted molar refractivity (Wildman–Crippen MR) is 146 cm³/mol. The van der Waals surface area contributed by atoms with E-state index in [0.29, 0.717) is 55.4 Å². The van der Waals surface area contributed by atoms with Gasteiger partial charge in [-0.3, -0.25) is 4.79 Å². The number of fused-ring (bicyclic) bond motifs is 2. The lowest BCUT2D eigenvalue weighted by Crippen LogP contribution is -2.20. The number of benzene rings is 3. The molecule has 37 heavy (non-hydrogen) atoms. The molecule has 2 heterocycles. The second-order valence-corrected chi connectivity index (χ2v) is 9.11. The number of nitriles is 1. The minimum absolute atomic E-state index is 0.129. The third kappa shape index (κ3) is 4.94. The highest BCUT2D eigenvalue weighted by atomic mass is 79.9. The molecule has 0 aliphatic carbocycles. The molecule has 0 fully saturated rings. The summed E-state index contributed by atoms with van der Waals surface area (Å²) >= 11 is 9.60. The highest BCUT2D eigenvalue weighted by Crippen LogP contribution is 2.36. The van der Waals surface area contributed by atoms with E-state index in [1.165, 1.54) is 10.9 Å². The van der Waals surface area contributed by atoms with E-state index in [-0.39, 0.29) is 18.0 Å². The first-order valence-electron chi connectivity index (χ1n) is 11.2. The largest absolute Gasteiger partial charge is 0.490 e. The van der Waals surface area contributed by atoms with Crippen molar-refractivity contribution in [1.82, 2.24) is 9.66 Å². The van der Waals surface area contributed by atoms with Gasteiger partial charge in [-0.25, -0.2) is 4.98 Å². The molecule has 0 aliphatic rings. The summed E-state index contributed by atoms with van der Waals surface area (Å²) in [6.45, 7) is 2.11. The monoisotopic (exact) mass is 576 g/mol. The number of furan rings is 1. The SMILES string of the molecule is CCOc1cc(C=Nn2c(-c3cc4cc(Cl)ccc4o3)nc3ccccc3c2=O)cc(Br)c1OCC#N. The van der Waals surface area contributed by atoms with E-state index < -0.39 is 0 Å². The van der Waals surface area contributed by atoms with Crippen molar-refractivity contribution in [3.05, 3.63) is 86.1 Å². The zero-order valence-corrected chi connectivity index (χ0v) is 21.8. The molecule has 184 valence electrons. The molecule has 0 spiro atoms. The standard InChI is InChI=1S/C27H18BrClN4O4/c1-2-35-23-12-16(11-20(28)25(23)36-10-9-30)15-31-33-26(32-21-6-4-3-5-19(21)27(33)34)24-14-17-13-18(29)7-8-22(17)37-24/h3-8,11-15H,2,10H2,1H3. The molecule has 0 saturated heterocycles. The van der Waals surface area contributed by atoms with E-state index in [2.05, 4.69) is 26.0 Å². The molecule has 0 radical (unpaired) electrons. The minimum Gasteiger partial charge on any atom is -0.490 e. The average molecular weight is 578 g/mol. The van der Waals surface area contributed by atoms with Gasteiger partial charge in [0.1, 0.15) is 11.7 Å². The first-order valence-corrected chi connectivity index (χ1v) is 12.4. The third-order valence-corrected chi connectivity index (χ3v) is 6.21. The fourth-order valence-corrected chi connectivity index (χ4v) is 4.56. The maximum atomic E-state index is 13.5. The number of halogens is 2. The van der Waals surface area contributed by atoms with Crippen molar-refractivity contribution in [2.45, 2.75) is 6.92 Å². The average Bonchev–Trinajstić information content (AvgIpc) is 3.31. The molecule has 0 saturated carbocycles. The summed E-state index contributed by atoms with van der Waals surface area (Å²) in [5, 5.41) is 15.1. The Labute approximate surface area is 224 Å². The van der Waals surface area contributed by atoms with Crippen molar-refractivity contribution < 1.29 is 13.9 Å². The first-order chi connectivity index (χ1) is 18.0. The van der Waals surface area contributed by atoms with E-state index in [4.69, 9.17) is 30.8 Å². The number of para-hydroxylation sites is 1. The molecule has 0 amide bonds. The van der Waals surface area contributed by atoms with Crippen LogP contribution in [0, 0.1) is 11.3 Å². The van der Waals surface area contributed by atoms with Gasteiger partial charge < -0.3 is 13.9 Å². The van der Waals surface area contributed by atoms with Crippen LogP contribution in [-0.4, -0.2) is 29.1 Å². The van der Waals surface area contributed by atoms with E-state index in [0.717, 1.165) is 5.39 Å². The van der Waals surface area contributed by atoms with E-state index in [9.17, 15) is 4.79 Å². The highest BCUT2D eigenvalue weighted by molar-refractivity contribution is 9.10. The maximum Gasteiger partial charge on any atom is 0.282 e. The van der Waals surface area contributed by atoms with Crippen LogP contribution in [0.4, 0.5) is 0 Å². The second-order valence-electron chi connectivity index (χ2n) is 7.82. The van der Waals surface area contributed by atoms with Crippen molar-refractivity contribution >= 4 is 55.6 Å². The number of ether oxygens (including phenoxy) is 2. The number of nitrogens with zero attached hydrogens (tertiary/aromatic N) is 4. The lowest BCUT2D eigenvalue weighted by atomic mass is 10.2. The summed E-state index contributed by atoms with van der Waals surface area (Å²) in [5.74, 6) is 1.46. The first kappa shape index (κ1) is 24.6. The number of hydrogen-bond acceptors (Lipinski definition) is 7. The van der Waals surface area contributed by atoms with Gasteiger partial charge in [0.05, 0.1) is 28.2 Å². The zero-order valence-electron chi connectivity index (χ0n) is 19.4. The normalized spacial score (nSPS) is 11.3. The van der Waals surface area contributed by atoms with Crippen LogP contribution < -0.4 is 15.0 Å². The zero-order chi connectivity index (χ0) is 25.9. The smallest absolute Gasteiger partial charge is 0.282 e. The molecule has 5 rings (SSSR count). The van der Waals surface area contributed by atoms with Crippen LogP contribution in [0.25, 0.3) is 33.5 Å². The molecule has 5 aromatic rings. The summed E-state index contributed by atoms with van der Waals surface area (Å²) in [6.07, 6.45) is 1.52. The molecule has 0 aliphatic heterocycles. The van der Waals surface area contributed by atoms with E-state index >= 15 is 0 Å². The van der Waals surface area contributed by atoms with Crippen LogP contribution in [0.15, 0.2) is 79.4 Å². The highest BCUT2D eigenvalue weighted by Gasteiger charge is 2.17. The van der Waals surface area contributed by atoms with Crippen LogP contribution in [0.5, 0.6) is 11.5 Å². The van der Waals surface area contributed by atoms with Crippen LogP contribution >= 0.6 is 27.5 Å². The van der Waals surface area contributed by atoms with Gasteiger partial charge in [-0.05, 0) is 76.9 Å². The Morgan fingerprint density at radius 3 is 2.84 bits per heavy atom. The Morgan fingerprint density at radius 2 is 2.03 bits per heavy atom. The number of rotatable bonds is 7. The van der Waals surface area contributed by atoms with Crippen molar-refractivity contribution in [3.8, 4) is 29.2 Å². The van der Waals surface area contributed by atoms with Gasteiger partial charge in [0.2, 0.25) is 5.82 Å². The Morgan fingerprint density at radius 1 is 1.19 bits per heavy atom. The fraction of sp³-hybridized carbons (Fsp3) is 0.111. The van der Waals surface area contributed by atoms with Crippen molar-refractivity contribution in [2.24, 2.45) is 5.10 Å². The summed E-state index contributed by atoms with van der Waals surface area (Å²) in [5.41, 5.74) is 1.40. The van der Waals surface area contributed by atoms with Gasteiger partial charge in [-0.1, -0.05) is 23.7 Å². The number of hydrogen-bond donors (Lipinski definition) is 0. The lowest BCUT2D eigenvalue weighted by Gasteiger charge is -2.13. The Hall–Kier alpha value is -4.13. The summed E-state index contributed by atoms with van der Waals surface area (Å²) in [4.78, 5) is 18.2. The molecule has 8 nitrogen and oxygen atoms in total. The molecular weight excluding hydrogens is 560 g/mol. The van der Waals surface area contributed by atoms with Crippen LogP contribution in [-0.2, 0) is 0 Å². The van der Waals surface area contributed by atoms with E-state index in [1.807, 2.05) is 19.1 Å². The van der Waals surface area contributed by atoms with Crippen LogP contribution in [0.1, 0.15) is 12.5 Å². The predicted octanol–water partition coefficient (Wildman–Crippen LogP) is 6.41. The molecule has 2 aromatic heterocycles. The summed E-state index contributed by atoms with van der Waals surface area (Å²) < 4.78 is 19.0. The quantitative estimate of drug-likeness (QED) is 0.207. The van der Waals surface area contributed by atoms with Crippen molar-refractivity contribution in [2.75, 3.05) is 13.2 Å². The third-order valence-electron chi connectivity index (χ3n) is 5.39. The van der Waals surface area contributed by atoms with Crippen LogP contribution in [0.2, 0.25) is 5.02 Å². The van der Waals surface area contributed by atoms with E-state index in [1.54, 1.807) is 54.6 Å². The van der Waals surface area contributed by atoms with Crippen LogP contribution in [0.3, 0.4) is 0 Å². The van der Waals surface area contributed by atoms with Gasteiger partial charge in [-0.15, -0.1) is 0 Å². The van der Waals surface area contributed by atoms with Gasteiger partial charge in [0.15, 0.2) is 23.9 Å². The molecule has 0 atom stereocenters. The van der Waals surface area contributed by atoms with Gasteiger partial charge >= 0.3 is 0 Å². The maximum absolute atomic E-state index is 13.5. The van der Waals surface area contributed by atoms with Crippen molar-refractivity contribution in [3.63, 3.8) is 0 Å². The Balaban J connectivity index is 1.65. The molecule has 0 N–H and O–H groups in total. The van der Waals surface area contributed by atoms with Gasteiger partial charge in [0.25, 0.3) is 5.56 Å². The lowest BCUT2D eigenvalue weighted by molar-refractivity contribution is 0.297. The van der Waals surface area contributed by atoms with Crippen molar-refractivity contribution in [1.29, 1.82) is 5.26 Å². The Kier molecular flexibility index (Phi) is 6.95. The molecule has 10 heteroatoms. The minimum atomic E-state index is -0.353. The molecular formula is C27H18BrClN4O4. The second kappa shape index (κ2) is 10.5. The molecule has 3 aromatic carbocycles. The topological polar surface area (TPSA) is 103 Å².